The Labute approximate surface area is 129 Å². The quantitative estimate of drug-likeness (QED) is 0.792. The van der Waals surface area contributed by atoms with Crippen molar-refractivity contribution in [3.63, 3.8) is 0 Å². The zero-order chi connectivity index (χ0) is 14.3. The fraction of sp³-hybridized carbons (Fsp3) is 0.647. The first-order chi connectivity index (χ1) is 9.49. The van der Waals surface area contributed by atoms with Crippen LogP contribution in [-0.4, -0.2) is 10.7 Å². The molecule has 1 aliphatic carbocycles. The Morgan fingerprint density at radius 2 is 2.15 bits per heavy atom. The summed E-state index contributed by atoms with van der Waals surface area (Å²) in [5, 5.41) is 10.5. The number of benzene rings is 1. The summed E-state index contributed by atoms with van der Waals surface area (Å²) < 4.78 is 7.38. The van der Waals surface area contributed by atoms with Gasteiger partial charge < -0.3 is 9.84 Å². The van der Waals surface area contributed by atoms with Crippen LogP contribution in [0.15, 0.2) is 22.7 Å². The summed E-state index contributed by atoms with van der Waals surface area (Å²) in [4.78, 5) is 0. The second-order valence-electron chi connectivity index (χ2n) is 6.79. The van der Waals surface area contributed by atoms with Gasteiger partial charge >= 0.3 is 0 Å². The molecule has 1 saturated carbocycles. The van der Waals surface area contributed by atoms with Crippen molar-refractivity contribution in [3.8, 4) is 5.75 Å². The van der Waals surface area contributed by atoms with Crippen molar-refractivity contribution in [3.05, 3.63) is 28.2 Å². The number of ether oxygens (including phenoxy) is 1. The molecule has 3 atom stereocenters. The summed E-state index contributed by atoms with van der Waals surface area (Å²) in [7, 11) is 0. The summed E-state index contributed by atoms with van der Waals surface area (Å²) in [5.41, 5.74) is 0.782. The van der Waals surface area contributed by atoms with Crippen LogP contribution >= 0.6 is 15.9 Å². The number of fused-ring (bicyclic) bond motifs is 1. The van der Waals surface area contributed by atoms with Crippen molar-refractivity contribution in [2.75, 3.05) is 0 Å². The number of halogens is 1. The first-order valence-corrected chi connectivity index (χ1v) is 8.45. The van der Waals surface area contributed by atoms with E-state index in [1.807, 2.05) is 18.2 Å². The molecule has 3 rings (SSSR count). The van der Waals surface area contributed by atoms with E-state index in [0.717, 1.165) is 35.0 Å². The molecule has 1 fully saturated rings. The van der Waals surface area contributed by atoms with E-state index in [-0.39, 0.29) is 5.60 Å². The summed E-state index contributed by atoms with van der Waals surface area (Å²) in [5.74, 6) is 2.28. The van der Waals surface area contributed by atoms with Gasteiger partial charge in [-0.15, -0.1) is 0 Å². The van der Waals surface area contributed by atoms with Gasteiger partial charge in [0.1, 0.15) is 11.4 Å². The minimum Gasteiger partial charge on any atom is -0.487 e. The van der Waals surface area contributed by atoms with Crippen molar-refractivity contribution >= 4 is 15.9 Å². The molecule has 110 valence electrons. The van der Waals surface area contributed by atoms with Gasteiger partial charge in [-0.2, -0.15) is 0 Å². The van der Waals surface area contributed by atoms with Gasteiger partial charge in [-0.25, -0.2) is 0 Å². The molecular weight excluding hydrogens is 316 g/mol. The van der Waals surface area contributed by atoms with Gasteiger partial charge in [-0.1, -0.05) is 29.8 Å². The molecule has 1 heterocycles. The second kappa shape index (κ2) is 5.34. The van der Waals surface area contributed by atoms with Crippen LogP contribution in [0.5, 0.6) is 5.75 Å². The largest absolute Gasteiger partial charge is 0.487 e. The Bertz CT molecular complexity index is 500. The lowest BCUT2D eigenvalue weighted by molar-refractivity contribution is -0.0573. The average molecular weight is 339 g/mol. The normalized spacial score (nSPS) is 33.0. The molecule has 2 aliphatic rings. The van der Waals surface area contributed by atoms with Crippen molar-refractivity contribution in [1.82, 2.24) is 0 Å². The molecule has 2 unspecified atom stereocenters. The number of hydrogen-bond donors (Lipinski definition) is 1. The van der Waals surface area contributed by atoms with Crippen LogP contribution in [-0.2, 0) is 0 Å². The third-order valence-corrected chi connectivity index (χ3v) is 5.50. The Balaban J connectivity index is 1.88. The van der Waals surface area contributed by atoms with Crippen LogP contribution in [0.2, 0.25) is 0 Å². The lowest BCUT2D eigenvalue weighted by Crippen LogP contribution is -2.45. The Morgan fingerprint density at radius 3 is 2.90 bits per heavy atom. The van der Waals surface area contributed by atoms with Crippen molar-refractivity contribution in [2.24, 2.45) is 11.8 Å². The fourth-order valence-corrected chi connectivity index (χ4v) is 4.20. The summed E-state index contributed by atoms with van der Waals surface area (Å²) in [6, 6.07) is 5.96. The molecule has 2 nitrogen and oxygen atoms in total. The topological polar surface area (TPSA) is 29.5 Å². The van der Waals surface area contributed by atoms with Gasteiger partial charge in [0.2, 0.25) is 0 Å². The molecule has 0 saturated heterocycles. The third kappa shape index (κ3) is 2.62. The molecule has 0 aromatic heterocycles. The number of rotatable bonds is 1. The van der Waals surface area contributed by atoms with E-state index in [9.17, 15) is 5.11 Å². The van der Waals surface area contributed by atoms with Crippen LogP contribution in [0.4, 0.5) is 0 Å². The molecular formula is C17H23BrO2. The maximum Gasteiger partial charge on any atom is 0.126 e. The van der Waals surface area contributed by atoms with Crippen LogP contribution in [0.1, 0.15) is 57.6 Å². The first kappa shape index (κ1) is 14.4. The highest BCUT2D eigenvalue weighted by Gasteiger charge is 2.44. The highest BCUT2D eigenvalue weighted by Crippen LogP contribution is 2.49. The van der Waals surface area contributed by atoms with Crippen LogP contribution < -0.4 is 4.74 Å². The van der Waals surface area contributed by atoms with Crippen molar-refractivity contribution < 1.29 is 9.84 Å². The summed E-state index contributed by atoms with van der Waals surface area (Å²) in [6.45, 7) is 4.60. The number of hydrogen-bond acceptors (Lipinski definition) is 2. The van der Waals surface area contributed by atoms with Crippen molar-refractivity contribution in [1.29, 1.82) is 0 Å². The van der Waals surface area contributed by atoms with E-state index in [2.05, 4.69) is 29.8 Å². The SMILES string of the molecule is CC(C)C1CCCC2(C1)C[C@H](O)c1cc(Br)ccc1O2. The molecule has 0 amide bonds. The second-order valence-corrected chi connectivity index (χ2v) is 7.70. The van der Waals surface area contributed by atoms with Gasteiger partial charge in [0.15, 0.2) is 0 Å². The Hall–Kier alpha value is -0.540. The fourth-order valence-electron chi connectivity index (χ4n) is 3.83. The molecule has 3 heteroatoms. The number of aliphatic hydroxyl groups is 1. The zero-order valence-corrected chi connectivity index (χ0v) is 13.8. The minimum atomic E-state index is -0.401. The van der Waals surface area contributed by atoms with Gasteiger partial charge in [0, 0.05) is 16.5 Å². The number of aliphatic hydroxyl groups excluding tert-OH is 1. The zero-order valence-electron chi connectivity index (χ0n) is 12.2. The standard InChI is InChI=1S/C17H23BrO2/c1-11(2)12-4-3-7-17(9-12)10-15(19)14-8-13(18)5-6-16(14)20-17/h5-6,8,11-12,15,19H,3-4,7,9-10H2,1-2H3/t12?,15-,17?/m0/s1. The molecule has 1 spiro atoms. The molecule has 0 radical (unpaired) electrons. The molecule has 1 N–H and O–H groups in total. The Kier molecular flexibility index (Phi) is 3.85. The van der Waals surface area contributed by atoms with Crippen LogP contribution in [0.3, 0.4) is 0 Å². The predicted molar refractivity (Wildman–Crippen MR) is 83.9 cm³/mol. The van der Waals surface area contributed by atoms with E-state index in [0.29, 0.717) is 11.8 Å². The molecule has 20 heavy (non-hydrogen) atoms. The predicted octanol–water partition coefficient (Wildman–Crippen LogP) is 4.85. The lowest BCUT2D eigenvalue weighted by Gasteiger charge is -2.46. The molecule has 0 bridgehead atoms. The summed E-state index contributed by atoms with van der Waals surface area (Å²) >= 11 is 3.47. The van der Waals surface area contributed by atoms with Crippen LogP contribution in [0.25, 0.3) is 0 Å². The summed E-state index contributed by atoms with van der Waals surface area (Å²) in [6.07, 6.45) is 5.00. The van der Waals surface area contributed by atoms with Crippen molar-refractivity contribution in [2.45, 2.75) is 57.7 Å². The average Bonchev–Trinajstić information content (AvgIpc) is 2.40. The van der Waals surface area contributed by atoms with E-state index in [1.54, 1.807) is 0 Å². The van der Waals surface area contributed by atoms with Gasteiger partial charge in [-0.3, -0.25) is 0 Å². The maximum absolute atomic E-state index is 10.5. The minimum absolute atomic E-state index is 0.145. The third-order valence-electron chi connectivity index (χ3n) is 5.01. The first-order valence-electron chi connectivity index (χ1n) is 7.66. The van der Waals surface area contributed by atoms with E-state index >= 15 is 0 Å². The van der Waals surface area contributed by atoms with Gasteiger partial charge in [-0.05, 0) is 55.7 Å². The van der Waals surface area contributed by atoms with E-state index in [1.165, 1.54) is 12.8 Å². The molecule has 1 aliphatic heterocycles. The van der Waals surface area contributed by atoms with E-state index < -0.39 is 6.10 Å². The lowest BCUT2D eigenvalue weighted by atomic mass is 9.70. The van der Waals surface area contributed by atoms with Crippen LogP contribution in [0, 0.1) is 11.8 Å². The molecule has 1 aromatic carbocycles. The maximum atomic E-state index is 10.5. The monoisotopic (exact) mass is 338 g/mol. The Morgan fingerprint density at radius 1 is 1.35 bits per heavy atom. The highest BCUT2D eigenvalue weighted by atomic mass is 79.9. The smallest absolute Gasteiger partial charge is 0.126 e. The van der Waals surface area contributed by atoms with E-state index in [4.69, 9.17) is 4.74 Å². The molecule has 1 aromatic rings. The van der Waals surface area contributed by atoms with Gasteiger partial charge in [0.05, 0.1) is 6.10 Å². The van der Waals surface area contributed by atoms with Gasteiger partial charge in [0.25, 0.3) is 0 Å². The highest BCUT2D eigenvalue weighted by molar-refractivity contribution is 9.10.